The van der Waals surface area contributed by atoms with Crippen LogP contribution in [0.1, 0.15) is 29.6 Å². The number of carbonyl (C=O) groups is 1. The number of ether oxygens (including phenoxy) is 1. The van der Waals surface area contributed by atoms with Crippen molar-refractivity contribution in [1.29, 1.82) is 0 Å². The van der Waals surface area contributed by atoms with Gasteiger partial charge in [0.15, 0.2) is 0 Å². The Morgan fingerprint density at radius 1 is 1.38 bits per heavy atom. The molecule has 21 heavy (non-hydrogen) atoms. The van der Waals surface area contributed by atoms with E-state index in [0.29, 0.717) is 12.5 Å². The number of nitrogens with one attached hydrogen (secondary N) is 1. The Bertz CT molecular complexity index is 588. The fourth-order valence-corrected chi connectivity index (χ4v) is 3.33. The van der Waals surface area contributed by atoms with Crippen LogP contribution in [0.3, 0.4) is 0 Å². The van der Waals surface area contributed by atoms with E-state index in [9.17, 15) is 14.9 Å². The monoisotopic (exact) mass is 354 g/mol. The van der Waals surface area contributed by atoms with E-state index in [1.54, 1.807) is 6.07 Å². The minimum Gasteiger partial charge on any atom is -0.376 e. The van der Waals surface area contributed by atoms with Crippen molar-refractivity contribution < 1.29 is 14.5 Å². The summed E-state index contributed by atoms with van der Waals surface area (Å²) in [4.78, 5) is 22.8. The molecule has 2 aliphatic rings. The summed E-state index contributed by atoms with van der Waals surface area (Å²) in [6.07, 6.45) is 3.18. The number of hydrogen-bond donors (Lipinski definition) is 1. The standard InChI is InChI=1S/C14H15BrN2O4/c15-12-9(2-1-3-11(12)17(19)20)14(18)16-10-6-7-21-13(10)8-4-5-8/h1-3,8,10,13H,4-7H2,(H,16,18). The molecule has 0 radical (unpaired) electrons. The van der Waals surface area contributed by atoms with Gasteiger partial charge in [-0.1, -0.05) is 6.07 Å². The van der Waals surface area contributed by atoms with Crippen molar-refractivity contribution in [2.75, 3.05) is 6.61 Å². The maximum Gasteiger partial charge on any atom is 0.284 e. The van der Waals surface area contributed by atoms with E-state index in [2.05, 4.69) is 21.2 Å². The molecular weight excluding hydrogens is 340 g/mol. The van der Waals surface area contributed by atoms with Crippen molar-refractivity contribution in [2.45, 2.75) is 31.4 Å². The number of nitrogens with zero attached hydrogens (tertiary/aromatic N) is 1. The Labute approximate surface area is 130 Å². The average molecular weight is 355 g/mol. The first-order chi connectivity index (χ1) is 10.1. The fraction of sp³-hybridized carbons (Fsp3) is 0.500. The van der Waals surface area contributed by atoms with Gasteiger partial charge in [0.05, 0.1) is 22.6 Å². The topological polar surface area (TPSA) is 81.5 Å². The van der Waals surface area contributed by atoms with E-state index < -0.39 is 4.92 Å². The first-order valence-electron chi connectivity index (χ1n) is 6.93. The molecule has 0 aromatic heterocycles. The predicted octanol–water partition coefficient (Wildman–Crippen LogP) is 2.65. The van der Waals surface area contributed by atoms with E-state index in [1.807, 2.05) is 0 Å². The maximum atomic E-state index is 12.4. The van der Waals surface area contributed by atoms with Crippen LogP contribution >= 0.6 is 15.9 Å². The number of halogens is 1. The summed E-state index contributed by atoms with van der Waals surface area (Å²) >= 11 is 3.15. The van der Waals surface area contributed by atoms with Crippen LogP contribution in [0.2, 0.25) is 0 Å². The van der Waals surface area contributed by atoms with Crippen molar-refractivity contribution in [3.05, 3.63) is 38.3 Å². The molecule has 1 saturated heterocycles. The summed E-state index contributed by atoms with van der Waals surface area (Å²) in [5.74, 6) is 0.248. The molecule has 1 aromatic carbocycles. The zero-order chi connectivity index (χ0) is 15.0. The molecule has 0 bridgehead atoms. The molecule has 2 unspecified atom stereocenters. The van der Waals surface area contributed by atoms with Gasteiger partial charge in [0.25, 0.3) is 11.6 Å². The van der Waals surface area contributed by atoms with Gasteiger partial charge in [0.2, 0.25) is 0 Å². The summed E-state index contributed by atoms with van der Waals surface area (Å²) in [5.41, 5.74) is 0.176. The summed E-state index contributed by atoms with van der Waals surface area (Å²) in [5, 5.41) is 13.9. The lowest BCUT2D eigenvalue weighted by atomic mass is 10.1. The van der Waals surface area contributed by atoms with Crippen molar-refractivity contribution in [3.63, 3.8) is 0 Å². The zero-order valence-electron chi connectivity index (χ0n) is 11.3. The SMILES string of the molecule is O=C(NC1CCOC1C1CC1)c1cccc([N+](=O)[O-])c1Br. The van der Waals surface area contributed by atoms with Gasteiger partial charge in [-0.15, -0.1) is 0 Å². The lowest BCUT2D eigenvalue weighted by Gasteiger charge is -2.19. The molecule has 7 heteroatoms. The third kappa shape index (κ3) is 2.94. The number of rotatable bonds is 4. The smallest absolute Gasteiger partial charge is 0.284 e. The average Bonchev–Trinajstić information content (AvgIpc) is 3.19. The van der Waals surface area contributed by atoms with Crippen LogP contribution in [0.15, 0.2) is 22.7 Å². The highest BCUT2D eigenvalue weighted by Crippen LogP contribution is 2.39. The van der Waals surface area contributed by atoms with Gasteiger partial charge in [-0.05, 0) is 47.2 Å². The van der Waals surface area contributed by atoms with Crippen molar-refractivity contribution in [1.82, 2.24) is 5.32 Å². The van der Waals surface area contributed by atoms with E-state index in [4.69, 9.17) is 4.74 Å². The minimum atomic E-state index is -0.507. The Morgan fingerprint density at radius 3 is 2.81 bits per heavy atom. The lowest BCUT2D eigenvalue weighted by molar-refractivity contribution is -0.385. The summed E-state index contributed by atoms with van der Waals surface area (Å²) in [7, 11) is 0. The van der Waals surface area contributed by atoms with Crippen LogP contribution in [-0.2, 0) is 4.74 Å². The van der Waals surface area contributed by atoms with Crippen LogP contribution in [0.4, 0.5) is 5.69 Å². The molecule has 1 N–H and O–H groups in total. The van der Waals surface area contributed by atoms with E-state index in [0.717, 1.165) is 19.3 Å². The molecule has 2 atom stereocenters. The van der Waals surface area contributed by atoms with Crippen LogP contribution in [0.25, 0.3) is 0 Å². The molecule has 1 heterocycles. The molecule has 3 rings (SSSR count). The molecule has 1 saturated carbocycles. The Morgan fingerprint density at radius 2 is 2.14 bits per heavy atom. The summed E-state index contributed by atoms with van der Waals surface area (Å²) in [6, 6.07) is 4.46. The number of nitro groups is 1. The third-order valence-corrected chi connectivity index (χ3v) is 4.79. The molecule has 0 spiro atoms. The zero-order valence-corrected chi connectivity index (χ0v) is 12.8. The Balaban J connectivity index is 1.76. The summed E-state index contributed by atoms with van der Waals surface area (Å²) < 4.78 is 5.90. The minimum absolute atomic E-state index is 0.00355. The molecule has 2 fully saturated rings. The second-order valence-corrected chi connectivity index (χ2v) is 6.23. The highest BCUT2D eigenvalue weighted by Gasteiger charge is 2.41. The second-order valence-electron chi connectivity index (χ2n) is 5.44. The predicted molar refractivity (Wildman–Crippen MR) is 79.1 cm³/mol. The third-order valence-electron chi connectivity index (χ3n) is 3.96. The highest BCUT2D eigenvalue weighted by atomic mass is 79.9. The molecule has 112 valence electrons. The van der Waals surface area contributed by atoms with Crippen LogP contribution in [0.5, 0.6) is 0 Å². The van der Waals surface area contributed by atoms with Crippen LogP contribution in [-0.4, -0.2) is 29.6 Å². The number of hydrogen-bond acceptors (Lipinski definition) is 4. The highest BCUT2D eigenvalue weighted by molar-refractivity contribution is 9.10. The maximum absolute atomic E-state index is 12.4. The van der Waals surface area contributed by atoms with Gasteiger partial charge < -0.3 is 10.1 Å². The van der Waals surface area contributed by atoms with E-state index in [1.165, 1.54) is 12.1 Å². The number of nitro benzene ring substituents is 1. The lowest BCUT2D eigenvalue weighted by Crippen LogP contribution is -2.41. The van der Waals surface area contributed by atoms with Crippen LogP contribution < -0.4 is 5.32 Å². The van der Waals surface area contributed by atoms with E-state index >= 15 is 0 Å². The first kappa shape index (κ1) is 14.5. The summed E-state index contributed by atoms with van der Waals surface area (Å²) in [6.45, 7) is 0.655. The molecule has 1 aromatic rings. The van der Waals surface area contributed by atoms with Gasteiger partial charge in [0, 0.05) is 12.7 Å². The number of carbonyl (C=O) groups excluding carboxylic acids is 1. The molecular formula is C14H15BrN2O4. The van der Waals surface area contributed by atoms with Gasteiger partial charge in [-0.2, -0.15) is 0 Å². The normalized spacial score (nSPS) is 24.8. The van der Waals surface area contributed by atoms with Gasteiger partial charge in [-0.3, -0.25) is 14.9 Å². The van der Waals surface area contributed by atoms with Gasteiger partial charge >= 0.3 is 0 Å². The molecule has 1 amide bonds. The molecule has 1 aliphatic carbocycles. The number of amides is 1. The Hall–Kier alpha value is -1.47. The van der Waals surface area contributed by atoms with E-state index in [-0.39, 0.29) is 33.8 Å². The van der Waals surface area contributed by atoms with Gasteiger partial charge in [-0.25, -0.2) is 0 Å². The molecule has 1 aliphatic heterocycles. The van der Waals surface area contributed by atoms with Gasteiger partial charge in [0.1, 0.15) is 4.47 Å². The second kappa shape index (κ2) is 5.73. The Kier molecular flexibility index (Phi) is 3.95. The van der Waals surface area contributed by atoms with Crippen molar-refractivity contribution >= 4 is 27.5 Å². The fourth-order valence-electron chi connectivity index (χ4n) is 2.74. The number of benzene rings is 1. The quantitative estimate of drug-likeness (QED) is 0.665. The van der Waals surface area contributed by atoms with Crippen molar-refractivity contribution in [3.8, 4) is 0 Å². The van der Waals surface area contributed by atoms with Crippen LogP contribution in [0, 0.1) is 16.0 Å². The van der Waals surface area contributed by atoms with Crippen molar-refractivity contribution in [2.24, 2.45) is 5.92 Å². The molecule has 6 nitrogen and oxygen atoms in total. The first-order valence-corrected chi connectivity index (χ1v) is 7.72. The largest absolute Gasteiger partial charge is 0.376 e.